The van der Waals surface area contributed by atoms with Gasteiger partial charge in [0, 0.05) is 24.8 Å². The highest BCUT2D eigenvalue weighted by molar-refractivity contribution is 7.82. The molecule has 10 heteroatoms. The Morgan fingerprint density at radius 2 is 1.62 bits per heavy atom. The first-order valence-corrected chi connectivity index (χ1v) is 9.77. The SMILES string of the molecule is CC(=O)Nc1ccc(N(S)C(=O)Nc2cc(Cl)c(OCCN(C)C)c(Cl)c2)cc1. The highest BCUT2D eigenvalue weighted by Crippen LogP contribution is 2.36. The van der Waals surface area contributed by atoms with Gasteiger partial charge in [-0.05, 0) is 50.5 Å². The van der Waals surface area contributed by atoms with Crippen molar-refractivity contribution >= 4 is 65.0 Å². The molecule has 2 aromatic rings. The molecule has 0 bridgehead atoms. The summed E-state index contributed by atoms with van der Waals surface area (Å²) in [5.41, 5.74) is 1.53. The van der Waals surface area contributed by atoms with E-state index < -0.39 is 6.03 Å². The van der Waals surface area contributed by atoms with Crippen LogP contribution in [0.4, 0.5) is 21.9 Å². The third-order valence-corrected chi connectivity index (χ3v) is 4.63. The normalized spacial score (nSPS) is 10.6. The Hall–Kier alpha value is -2.13. The van der Waals surface area contributed by atoms with E-state index in [4.69, 9.17) is 27.9 Å². The van der Waals surface area contributed by atoms with Gasteiger partial charge in [0.05, 0.1) is 15.7 Å². The van der Waals surface area contributed by atoms with Crippen molar-refractivity contribution in [3.05, 3.63) is 46.4 Å². The molecule has 29 heavy (non-hydrogen) atoms. The van der Waals surface area contributed by atoms with Crippen LogP contribution in [0.3, 0.4) is 0 Å². The lowest BCUT2D eigenvalue weighted by molar-refractivity contribution is -0.114. The third-order valence-electron chi connectivity index (χ3n) is 3.66. The van der Waals surface area contributed by atoms with Crippen molar-refractivity contribution in [1.29, 1.82) is 0 Å². The number of urea groups is 1. The Morgan fingerprint density at radius 3 is 2.14 bits per heavy atom. The quantitative estimate of drug-likeness (QED) is 0.524. The van der Waals surface area contributed by atoms with Gasteiger partial charge in [0.1, 0.15) is 6.61 Å². The molecule has 0 heterocycles. The summed E-state index contributed by atoms with van der Waals surface area (Å²) in [6, 6.07) is 9.24. The van der Waals surface area contributed by atoms with Crippen LogP contribution in [0.2, 0.25) is 10.0 Å². The van der Waals surface area contributed by atoms with Crippen molar-refractivity contribution in [2.75, 3.05) is 42.2 Å². The van der Waals surface area contributed by atoms with Crippen LogP contribution in [-0.2, 0) is 4.79 Å². The Labute approximate surface area is 185 Å². The van der Waals surface area contributed by atoms with E-state index in [0.717, 1.165) is 4.31 Å². The second kappa shape index (κ2) is 10.6. The average molecular weight is 457 g/mol. The molecule has 0 aliphatic rings. The van der Waals surface area contributed by atoms with E-state index in [1.54, 1.807) is 36.4 Å². The standard InChI is InChI=1S/C19H22Cl2N4O3S/c1-12(26)22-13-4-6-15(7-5-13)25(29)19(27)23-14-10-16(20)18(17(21)11-14)28-9-8-24(2)3/h4-7,10-11,29H,8-9H2,1-3H3,(H,22,26)(H,23,27). The van der Waals surface area contributed by atoms with E-state index >= 15 is 0 Å². The van der Waals surface area contributed by atoms with Gasteiger partial charge in [-0.1, -0.05) is 36.0 Å². The van der Waals surface area contributed by atoms with Gasteiger partial charge in [-0.2, -0.15) is 0 Å². The number of nitrogens with zero attached hydrogens (tertiary/aromatic N) is 2. The molecule has 0 unspecified atom stereocenters. The molecule has 7 nitrogen and oxygen atoms in total. The van der Waals surface area contributed by atoms with Gasteiger partial charge < -0.3 is 20.3 Å². The third kappa shape index (κ3) is 7.01. The van der Waals surface area contributed by atoms with Crippen LogP contribution >= 0.6 is 36.0 Å². The molecule has 0 fully saturated rings. The number of rotatable bonds is 7. The topological polar surface area (TPSA) is 73.9 Å². The maximum atomic E-state index is 12.5. The lowest BCUT2D eigenvalue weighted by Gasteiger charge is -2.18. The number of amides is 3. The lowest BCUT2D eigenvalue weighted by Crippen LogP contribution is -2.26. The number of thiol groups is 1. The average Bonchev–Trinajstić information content (AvgIpc) is 2.63. The Balaban J connectivity index is 2.04. The van der Waals surface area contributed by atoms with Gasteiger partial charge in [0.2, 0.25) is 5.91 Å². The Morgan fingerprint density at radius 1 is 1.03 bits per heavy atom. The number of anilines is 3. The molecular formula is C19H22Cl2N4O3S. The van der Waals surface area contributed by atoms with Crippen LogP contribution in [0.1, 0.15) is 6.92 Å². The van der Waals surface area contributed by atoms with E-state index in [-0.39, 0.29) is 16.0 Å². The summed E-state index contributed by atoms with van der Waals surface area (Å²) in [5.74, 6) is 0.186. The van der Waals surface area contributed by atoms with Crippen LogP contribution in [0, 0.1) is 0 Å². The number of hydrogen-bond acceptors (Lipinski definition) is 5. The van der Waals surface area contributed by atoms with Gasteiger partial charge in [-0.25, -0.2) is 9.10 Å². The highest BCUT2D eigenvalue weighted by Gasteiger charge is 2.15. The minimum atomic E-state index is -0.506. The second-order valence-electron chi connectivity index (χ2n) is 6.39. The smallest absolute Gasteiger partial charge is 0.336 e. The van der Waals surface area contributed by atoms with Crippen molar-refractivity contribution in [2.24, 2.45) is 0 Å². The van der Waals surface area contributed by atoms with Crippen molar-refractivity contribution in [1.82, 2.24) is 4.90 Å². The first-order chi connectivity index (χ1) is 13.7. The van der Waals surface area contributed by atoms with Crippen molar-refractivity contribution in [3.63, 3.8) is 0 Å². The van der Waals surface area contributed by atoms with Gasteiger partial charge in [0.15, 0.2) is 5.75 Å². The number of nitrogens with one attached hydrogen (secondary N) is 2. The molecule has 0 aliphatic heterocycles. The summed E-state index contributed by atoms with van der Waals surface area (Å²) < 4.78 is 6.75. The van der Waals surface area contributed by atoms with Crippen molar-refractivity contribution in [3.8, 4) is 5.75 Å². The van der Waals surface area contributed by atoms with Crippen LogP contribution in [0.15, 0.2) is 36.4 Å². The molecular weight excluding hydrogens is 435 g/mol. The highest BCUT2D eigenvalue weighted by atomic mass is 35.5. The predicted molar refractivity (Wildman–Crippen MR) is 122 cm³/mol. The van der Waals surface area contributed by atoms with Crippen LogP contribution < -0.4 is 19.7 Å². The van der Waals surface area contributed by atoms with Gasteiger partial charge in [-0.3, -0.25) is 4.79 Å². The first-order valence-electron chi connectivity index (χ1n) is 8.61. The number of halogens is 2. The zero-order valence-electron chi connectivity index (χ0n) is 16.2. The van der Waals surface area contributed by atoms with Gasteiger partial charge in [-0.15, -0.1) is 0 Å². The molecule has 2 rings (SSSR count). The monoisotopic (exact) mass is 456 g/mol. The fourth-order valence-corrected chi connectivity index (χ4v) is 3.06. The summed E-state index contributed by atoms with van der Waals surface area (Å²) in [6.07, 6.45) is 0. The summed E-state index contributed by atoms with van der Waals surface area (Å²) in [6.45, 7) is 2.55. The van der Waals surface area contributed by atoms with Crippen LogP contribution in [0.25, 0.3) is 0 Å². The fourth-order valence-electron chi connectivity index (χ4n) is 2.28. The number of carbonyl (C=O) groups excluding carboxylic acids is 2. The number of hydrogen-bond donors (Lipinski definition) is 3. The molecule has 0 atom stereocenters. The molecule has 2 N–H and O–H groups in total. The molecule has 3 amide bonds. The molecule has 0 saturated heterocycles. The van der Waals surface area contributed by atoms with Crippen LogP contribution in [-0.4, -0.2) is 44.1 Å². The first kappa shape index (κ1) is 23.2. The predicted octanol–water partition coefficient (Wildman–Crippen LogP) is 4.78. The summed E-state index contributed by atoms with van der Waals surface area (Å²) in [5, 5.41) is 5.91. The molecule has 0 radical (unpaired) electrons. The fraction of sp³-hybridized carbons (Fsp3) is 0.263. The molecule has 0 aromatic heterocycles. The number of benzene rings is 2. The summed E-state index contributed by atoms with van der Waals surface area (Å²) >= 11 is 16.7. The summed E-state index contributed by atoms with van der Waals surface area (Å²) in [7, 11) is 3.86. The Bertz CT molecular complexity index is 855. The van der Waals surface area contributed by atoms with Gasteiger partial charge >= 0.3 is 6.03 Å². The number of carbonyl (C=O) groups is 2. The minimum Gasteiger partial charge on any atom is -0.489 e. The van der Waals surface area contributed by atoms with Gasteiger partial charge in [0.25, 0.3) is 0 Å². The molecule has 0 aliphatic carbocycles. The zero-order chi connectivity index (χ0) is 21.6. The van der Waals surface area contributed by atoms with Crippen molar-refractivity contribution in [2.45, 2.75) is 6.92 Å². The Kier molecular flexibility index (Phi) is 8.45. The maximum absolute atomic E-state index is 12.5. The molecule has 0 spiro atoms. The largest absolute Gasteiger partial charge is 0.489 e. The molecule has 156 valence electrons. The van der Waals surface area contributed by atoms with E-state index in [2.05, 4.69) is 23.4 Å². The second-order valence-corrected chi connectivity index (χ2v) is 7.61. The zero-order valence-corrected chi connectivity index (χ0v) is 18.6. The van der Waals surface area contributed by atoms with E-state index in [9.17, 15) is 9.59 Å². The number of likely N-dealkylation sites (N-methyl/N-ethyl adjacent to an activating group) is 1. The number of ether oxygens (including phenoxy) is 1. The van der Waals surface area contributed by atoms with E-state index in [0.29, 0.717) is 36.0 Å². The molecule has 2 aromatic carbocycles. The molecule has 0 saturated carbocycles. The van der Waals surface area contributed by atoms with E-state index in [1.807, 2.05) is 19.0 Å². The van der Waals surface area contributed by atoms with Crippen molar-refractivity contribution < 1.29 is 14.3 Å². The van der Waals surface area contributed by atoms with E-state index in [1.165, 1.54) is 6.92 Å². The summed E-state index contributed by atoms with van der Waals surface area (Å²) in [4.78, 5) is 25.5. The van der Waals surface area contributed by atoms with Crippen LogP contribution in [0.5, 0.6) is 5.75 Å². The maximum Gasteiger partial charge on any atom is 0.336 e. The lowest BCUT2D eigenvalue weighted by atomic mass is 10.2. The minimum absolute atomic E-state index is 0.180.